The van der Waals surface area contributed by atoms with Crippen molar-refractivity contribution in [3.63, 3.8) is 0 Å². The van der Waals surface area contributed by atoms with Gasteiger partial charge in [-0.1, -0.05) is 12.1 Å². The minimum atomic E-state index is -0.398. The Bertz CT molecular complexity index is 576. The van der Waals surface area contributed by atoms with E-state index in [4.69, 9.17) is 0 Å². The summed E-state index contributed by atoms with van der Waals surface area (Å²) in [6.07, 6.45) is 0.214. The van der Waals surface area contributed by atoms with Crippen LogP contribution in [0.15, 0.2) is 18.2 Å². The molecule has 1 aromatic carbocycles. The highest BCUT2D eigenvalue weighted by Crippen LogP contribution is 2.23. The molecule has 0 aliphatic carbocycles. The molecule has 0 aromatic heterocycles. The number of benzene rings is 1. The summed E-state index contributed by atoms with van der Waals surface area (Å²) in [6.45, 7) is 7.50. The predicted molar refractivity (Wildman–Crippen MR) is 84.8 cm³/mol. The minimum Gasteiger partial charge on any atom is -0.334 e. The number of carbonyl (C=O) groups is 1. The molecule has 0 spiro atoms. The SMILES string of the molecule is Cc1c(CC(=O)N2[C@@H](C)CN(C)C[C@@H]2C)cccc1[N+](=O)[O-]. The lowest BCUT2D eigenvalue weighted by atomic mass is 10.0. The zero-order valence-corrected chi connectivity index (χ0v) is 13.6. The van der Waals surface area contributed by atoms with Crippen LogP contribution < -0.4 is 0 Å². The van der Waals surface area contributed by atoms with Crippen molar-refractivity contribution in [3.05, 3.63) is 39.4 Å². The van der Waals surface area contributed by atoms with Gasteiger partial charge in [0.25, 0.3) is 5.69 Å². The largest absolute Gasteiger partial charge is 0.334 e. The fourth-order valence-electron chi connectivity index (χ4n) is 3.39. The van der Waals surface area contributed by atoms with Crippen molar-refractivity contribution in [1.29, 1.82) is 0 Å². The number of carbonyl (C=O) groups excluding carboxylic acids is 1. The van der Waals surface area contributed by atoms with Crippen molar-refractivity contribution in [2.75, 3.05) is 20.1 Å². The van der Waals surface area contributed by atoms with Crippen molar-refractivity contribution in [1.82, 2.24) is 9.80 Å². The Morgan fingerprint density at radius 3 is 2.45 bits per heavy atom. The van der Waals surface area contributed by atoms with Crippen LogP contribution in [-0.2, 0) is 11.2 Å². The zero-order valence-electron chi connectivity index (χ0n) is 13.6. The second-order valence-electron chi connectivity index (χ2n) is 6.22. The van der Waals surface area contributed by atoms with Crippen LogP contribution in [-0.4, -0.2) is 52.9 Å². The summed E-state index contributed by atoms with van der Waals surface area (Å²) in [7, 11) is 2.06. The lowest BCUT2D eigenvalue weighted by molar-refractivity contribution is -0.385. The molecule has 1 amide bonds. The van der Waals surface area contributed by atoms with Crippen LogP contribution in [0.5, 0.6) is 0 Å². The molecule has 6 heteroatoms. The van der Waals surface area contributed by atoms with Crippen LogP contribution in [0.25, 0.3) is 0 Å². The average Bonchev–Trinajstić information content (AvgIpc) is 2.39. The van der Waals surface area contributed by atoms with Crippen LogP contribution in [0.4, 0.5) is 5.69 Å². The van der Waals surface area contributed by atoms with Gasteiger partial charge in [0.1, 0.15) is 0 Å². The van der Waals surface area contributed by atoms with E-state index in [9.17, 15) is 14.9 Å². The Labute approximate surface area is 130 Å². The van der Waals surface area contributed by atoms with E-state index in [1.165, 1.54) is 6.07 Å². The number of rotatable bonds is 3. The van der Waals surface area contributed by atoms with Crippen LogP contribution in [0.1, 0.15) is 25.0 Å². The highest BCUT2D eigenvalue weighted by Gasteiger charge is 2.31. The number of hydrogen-bond acceptors (Lipinski definition) is 4. The average molecular weight is 305 g/mol. The number of likely N-dealkylation sites (N-methyl/N-ethyl adjacent to an activating group) is 1. The van der Waals surface area contributed by atoms with E-state index in [0.717, 1.165) is 18.7 Å². The first-order valence-corrected chi connectivity index (χ1v) is 7.53. The van der Waals surface area contributed by atoms with Gasteiger partial charge >= 0.3 is 0 Å². The molecule has 1 fully saturated rings. The Morgan fingerprint density at radius 2 is 1.91 bits per heavy atom. The molecule has 0 bridgehead atoms. The summed E-state index contributed by atoms with van der Waals surface area (Å²) in [6, 6.07) is 5.22. The molecule has 2 rings (SSSR count). The van der Waals surface area contributed by atoms with Crippen molar-refractivity contribution >= 4 is 11.6 Å². The van der Waals surface area contributed by atoms with Crippen LogP contribution in [0.3, 0.4) is 0 Å². The van der Waals surface area contributed by atoms with E-state index in [2.05, 4.69) is 11.9 Å². The van der Waals surface area contributed by atoms with Gasteiger partial charge in [-0.2, -0.15) is 0 Å². The molecule has 1 saturated heterocycles. The zero-order chi connectivity index (χ0) is 16.4. The van der Waals surface area contributed by atoms with Gasteiger partial charge in [0.2, 0.25) is 5.91 Å². The first kappa shape index (κ1) is 16.4. The van der Waals surface area contributed by atoms with Gasteiger partial charge in [-0.3, -0.25) is 14.9 Å². The van der Waals surface area contributed by atoms with Crippen LogP contribution in [0.2, 0.25) is 0 Å². The van der Waals surface area contributed by atoms with Crippen LogP contribution in [0, 0.1) is 17.0 Å². The topological polar surface area (TPSA) is 66.7 Å². The molecule has 0 N–H and O–H groups in total. The lowest BCUT2D eigenvalue weighted by Crippen LogP contribution is -2.57. The Morgan fingerprint density at radius 1 is 1.32 bits per heavy atom. The molecular weight excluding hydrogens is 282 g/mol. The highest BCUT2D eigenvalue weighted by atomic mass is 16.6. The highest BCUT2D eigenvalue weighted by molar-refractivity contribution is 5.80. The standard InChI is InChI=1S/C16H23N3O3/c1-11-9-17(4)10-12(2)18(11)16(20)8-14-6-5-7-15(13(14)3)19(21)22/h5-7,11-12H,8-10H2,1-4H3/t11-,12-/m0/s1. The summed E-state index contributed by atoms with van der Waals surface area (Å²) < 4.78 is 0. The summed E-state index contributed by atoms with van der Waals surface area (Å²) in [5.74, 6) is 0.0386. The van der Waals surface area contributed by atoms with Crippen molar-refractivity contribution in [2.24, 2.45) is 0 Å². The molecular formula is C16H23N3O3. The maximum absolute atomic E-state index is 12.7. The molecule has 0 unspecified atom stereocenters. The second kappa shape index (κ2) is 6.44. The number of nitro groups is 1. The Hall–Kier alpha value is -1.95. The number of nitro benzene ring substituents is 1. The maximum Gasteiger partial charge on any atom is 0.272 e. The number of amides is 1. The van der Waals surface area contributed by atoms with Gasteiger partial charge in [0.05, 0.1) is 11.3 Å². The van der Waals surface area contributed by atoms with Gasteiger partial charge < -0.3 is 9.80 Å². The molecule has 0 radical (unpaired) electrons. The minimum absolute atomic E-state index is 0.0386. The molecule has 1 heterocycles. The third-order valence-electron chi connectivity index (χ3n) is 4.35. The Balaban J connectivity index is 2.19. The summed E-state index contributed by atoms with van der Waals surface area (Å²) in [5.41, 5.74) is 1.39. The normalized spacial score (nSPS) is 22.6. The second-order valence-corrected chi connectivity index (χ2v) is 6.22. The quantitative estimate of drug-likeness (QED) is 0.633. The van der Waals surface area contributed by atoms with Gasteiger partial charge in [0.15, 0.2) is 0 Å². The number of piperazine rings is 1. The van der Waals surface area contributed by atoms with E-state index in [-0.39, 0.29) is 30.1 Å². The smallest absolute Gasteiger partial charge is 0.272 e. The lowest BCUT2D eigenvalue weighted by Gasteiger charge is -2.43. The van der Waals surface area contributed by atoms with Gasteiger partial charge in [0, 0.05) is 36.8 Å². The summed E-state index contributed by atoms with van der Waals surface area (Å²) in [5, 5.41) is 11.0. The first-order chi connectivity index (χ1) is 10.3. The summed E-state index contributed by atoms with van der Waals surface area (Å²) in [4.78, 5) is 27.4. The van der Waals surface area contributed by atoms with Crippen molar-refractivity contribution in [3.8, 4) is 0 Å². The van der Waals surface area contributed by atoms with Gasteiger partial charge in [-0.25, -0.2) is 0 Å². The molecule has 120 valence electrons. The molecule has 0 saturated carbocycles. The third kappa shape index (κ3) is 3.27. The predicted octanol–water partition coefficient (Wildman–Crippen LogP) is 2.00. The number of nitrogens with zero attached hydrogens (tertiary/aromatic N) is 3. The van der Waals surface area contributed by atoms with E-state index in [1.807, 2.05) is 18.7 Å². The van der Waals surface area contributed by atoms with E-state index in [1.54, 1.807) is 19.1 Å². The molecule has 6 nitrogen and oxygen atoms in total. The molecule has 1 aliphatic heterocycles. The van der Waals surface area contributed by atoms with Gasteiger partial charge in [-0.15, -0.1) is 0 Å². The number of hydrogen-bond donors (Lipinski definition) is 0. The third-order valence-corrected chi connectivity index (χ3v) is 4.35. The van der Waals surface area contributed by atoms with E-state index < -0.39 is 4.92 Å². The fourth-order valence-corrected chi connectivity index (χ4v) is 3.39. The van der Waals surface area contributed by atoms with E-state index >= 15 is 0 Å². The van der Waals surface area contributed by atoms with E-state index in [0.29, 0.717) is 5.56 Å². The molecule has 22 heavy (non-hydrogen) atoms. The molecule has 2 atom stereocenters. The maximum atomic E-state index is 12.7. The fraction of sp³-hybridized carbons (Fsp3) is 0.562. The monoisotopic (exact) mass is 305 g/mol. The molecule has 1 aromatic rings. The van der Waals surface area contributed by atoms with Crippen LogP contribution >= 0.6 is 0 Å². The van der Waals surface area contributed by atoms with Crippen molar-refractivity contribution < 1.29 is 9.72 Å². The molecule has 1 aliphatic rings. The first-order valence-electron chi connectivity index (χ1n) is 7.53. The van der Waals surface area contributed by atoms with Gasteiger partial charge in [-0.05, 0) is 33.4 Å². The summed E-state index contributed by atoms with van der Waals surface area (Å²) >= 11 is 0. The Kier molecular flexibility index (Phi) is 4.81. The van der Waals surface area contributed by atoms with Crippen molar-refractivity contribution in [2.45, 2.75) is 39.3 Å².